The van der Waals surface area contributed by atoms with Crippen molar-refractivity contribution in [1.29, 1.82) is 0 Å². The lowest BCUT2D eigenvalue weighted by atomic mass is 10.0. The summed E-state index contributed by atoms with van der Waals surface area (Å²) in [5.41, 5.74) is 3.41. The lowest BCUT2D eigenvalue weighted by Gasteiger charge is -2.30. The fourth-order valence-corrected chi connectivity index (χ4v) is 6.03. The monoisotopic (exact) mass is 567 g/mol. The summed E-state index contributed by atoms with van der Waals surface area (Å²) >= 11 is 0. The van der Waals surface area contributed by atoms with E-state index in [2.05, 4.69) is 35.6 Å². The van der Waals surface area contributed by atoms with Crippen LogP contribution in [0.3, 0.4) is 0 Å². The van der Waals surface area contributed by atoms with Crippen molar-refractivity contribution in [3.63, 3.8) is 0 Å². The summed E-state index contributed by atoms with van der Waals surface area (Å²) in [7, 11) is 3.22. The number of nitrogens with one attached hydrogen (secondary N) is 2. The molecule has 0 unspecified atom stereocenters. The summed E-state index contributed by atoms with van der Waals surface area (Å²) in [4.78, 5) is 41.8. The highest BCUT2D eigenvalue weighted by Crippen LogP contribution is 2.34. The number of ether oxygens (including phenoxy) is 2. The molecule has 10 heteroatoms. The quantitative estimate of drug-likeness (QED) is 0.554. The summed E-state index contributed by atoms with van der Waals surface area (Å²) in [5.74, 6) is 1.46. The minimum atomic E-state index is -0.242. The maximum atomic E-state index is 14.0. The van der Waals surface area contributed by atoms with Gasteiger partial charge in [-0.15, -0.1) is 0 Å². The molecule has 1 fully saturated rings. The van der Waals surface area contributed by atoms with Gasteiger partial charge in [-0.25, -0.2) is 0 Å². The number of benzene rings is 1. The van der Waals surface area contributed by atoms with Gasteiger partial charge < -0.3 is 25.0 Å². The number of carbonyl (C=O) groups excluding carboxylic acids is 3. The molecule has 2 atom stereocenters. The number of carbonyl (C=O) groups is 3. The van der Waals surface area contributed by atoms with E-state index in [0.29, 0.717) is 68.4 Å². The van der Waals surface area contributed by atoms with Gasteiger partial charge >= 0.3 is 0 Å². The smallest absolute Gasteiger partial charge is 0.272 e. The van der Waals surface area contributed by atoms with E-state index in [9.17, 15) is 14.4 Å². The van der Waals surface area contributed by atoms with Crippen LogP contribution in [0.5, 0.6) is 11.5 Å². The van der Waals surface area contributed by atoms with Gasteiger partial charge in [0.2, 0.25) is 11.8 Å². The van der Waals surface area contributed by atoms with Gasteiger partial charge in [-0.1, -0.05) is 19.9 Å². The van der Waals surface area contributed by atoms with Crippen molar-refractivity contribution in [3.8, 4) is 11.5 Å². The van der Waals surface area contributed by atoms with Gasteiger partial charge in [-0.3, -0.25) is 19.1 Å². The van der Waals surface area contributed by atoms with E-state index >= 15 is 0 Å². The fraction of sp³-hybridized carbons (Fsp3) is 0.613. The van der Waals surface area contributed by atoms with Crippen LogP contribution in [0, 0.1) is 5.92 Å². The average molecular weight is 568 g/mol. The Balaban J connectivity index is 1.57. The molecule has 4 bridgehead atoms. The molecular weight excluding hydrogens is 522 g/mol. The molecule has 0 spiro atoms. The lowest BCUT2D eigenvalue weighted by molar-refractivity contribution is -0.123. The Hall–Kier alpha value is -3.56. The Kier molecular flexibility index (Phi) is 10.3. The molecule has 0 aliphatic carbocycles. The molecule has 3 amide bonds. The summed E-state index contributed by atoms with van der Waals surface area (Å²) in [6.45, 7) is 7.67. The third-order valence-corrected chi connectivity index (χ3v) is 7.98. The highest BCUT2D eigenvalue weighted by molar-refractivity contribution is 5.94. The van der Waals surface area contributed by atoms with Crippen molar-refractivity contribution >= 4 is 17.7 Å². The highest BCUT2D eigenvalue weighted by Gasteiger charge is 2.39. The molecular formula is C31H45N5O5. The molecule has 0 radical (unpaired) electrons. The van der Waals surface area contributed by atoms with E-state index < -0.39 is 0 Å². The van der Waals surface area contributed by atoms with Gasteiger partial charge in [-0.05, 0) is 74.6 Å². The zero-order chi connectivity index (χ0) is 29.5. The number of aromatic nitrogens is 2. The topological polar surface area (TPSA) is 115 Å². The largest absolute Gasteiger partial charge is 0.493 e. The maximum absolute atomic E-state index is 14.0. The van der Waals surface area contributed by atoms with Crippen molar-refractivity contribution < 1.29 is 23.9 Å². The van der Waals surface area contributed by atoms with Crippen LogP contribution in [0.1, 0.15) is 80.2 Å². The van der Waals surface area contributed by atoms with Crippen LogP contribution in [0.25, 0.3) is 0 Å². The molecule has 10 nitrogen and oxygen atoms in total. The number of aryl methyl sites for hydroxylation is 3. The maximum Gasteiger partial charge on any atom is 0.272 e. The Morgan fingerprint density at radius 2 is 1.80 bits per heavy atom. The van der Waals surface area contributed by atoms with Crippen LogP contribution >= 0.6 is 0 Å². The van der Waals surface area contributed by atoms with Gasteiger partial charge in [0.1, 0.15) is 5.69 Å². The second-order valence-electron chi connectivity index (χ2n) is 11.5. The minimum Gasteiger partial charge on any atom is -0.493 e. The van der Waals surface area contributed by atoms with Gasteiger partial charge in [0.15, 0.2) is 11.5 Å². The molecule has 2 aliphatic rings. The molecule has 1 aromatic carbocycles. The first-order valence-corrected chi connectivity index (χ1v) is 14.9. The van der Waals surface area contributed by atoms with Gasteiger partial charge in [0.25, 0.3) is 5.91 Å². The van der Waals surface area contributed by atoms with Gasteiger partial charge in [0.05, 0.1) is 19.9 Å². The number of fused-ring (bicyclic) bond motifs is 4. The molecule has 2 aliphatic heterocycles. The fourth-order valence-electron chi connectivity index (χ4n) is 6.03. The summed E-state index contributed by atoms with van der Waals surface area (Å²) < 4.78 is 12.9. The molecule has 2 N–H and O–H groups in total. The van der Waals surface area contributed by atoms with Crippen molar-refractivity contribution in [2.24, 2.45) is 5.92 Å². The number of amides is 3. The van der Waals surface area contributed by atoms with Crippen molar-refractivity contribution in [2.75, 3.05) is 27.3 Å². The molecule has 0 saturated carbocycles. The van der Waals surface area contributed by atoms with Crippen LogP contribution < -0.4 is 20.1 Å². The summed E-state index contributed by atoms with van der Waals surface area (Å²) in [6, 6.07) is 5.43. The molecule has 3 heterocycles. The Morgan fingerprint density at radius 3 is 2.51 bits per heavy atom. The second-order valence-corrected chi connectivity index (χ2v) is 11.5. The number of hydrogen-bond acceptors (Lipinski definition) is 6. The van der Waals surface area contributed by atoms with Crippen molar-refractivity contribution in [1.82, 2.24) is 25.3 Å². The predicted octanol–water partition coefficient (Wildman–Crippen LogP) is 3.29. The number of methoxy groups -OCH3 is 2. The van der Waals surface area contributed by atoms with E-state index in [4.69, 9.17) is 9.47 Å². The Labute approximate surface area is 243 Å². The van der Waals surface area contributed by atoms with E-state index in [1.807, 2.05) is 24.0 Å². The van der Waals surface area contributed by atoms with Crippen LogP contribution in [-0.2, 0) is 35.4 Å². The predicted molar refractivity (Wildman–Crippen MR) is 156 cm³/mol. The first-order chi connectivity index (χ1) is 19.7. The third-order valence-electron chi connectivity index (χ3n) is 7.98. The highest BCUT2D eigenvalue weighted by atomic mass is 16.5. The first kappa shape index (κ1) is 30.4. The van der Waals surface area contributed by atoms with Crippen molar-refractivity contribution in [2.45, 2.75) is 90.8 Å². The number of hydrogen-bond donors (Lipinski definition) is 2. The van der Waals surface area contributed by atoms with Crippen LogP contribution in [0.15, 0.2) is 18.2 Å². The van der Waals surface area contributed by atoms with Crippen LogP contribution in [0.4, 0.5) is 0 Å². The zero-order valence-corrected chi connectivity index (χ0v) is 25.1. The van der Waals surface area contributed by atoms with E-state index in [0.717, 1.165) is 36.1 Å². The second kappa shape index (κ2) is 13.9. The third kappa shape index (κ3) is 7.40. The first-order valence-electron chi connectivity index (χ1n) is 14.9. The molecule has 2 aromatic rings. The summed E-state index contributed by atoms with van der Waals surface area (Å²) in [5, 5.41) is 10.8. The lowest BCUT2D eigenvalue weighted by Crippen LogP contribution is -2.48. The minimum absolute atomic E-state index is 0.0722. The van der Waals surface area contributed by atoms with Gasteiger partial charge in [-0.2, -0.15) is 5.10 Å². The molecule has 224 valence electrons. The molecule has 4 rings (SSSR count). The van der Waals surface area contributed by atoms with E-state index in [-0.39, 0.29) is 36.2 Å². The van der Waals surface area contributed by atoms with Crippen LogP contribution in [-0.4, -0.2) is 71.8 Å². The molecule has 1 aromatic heterocycles. The standard InChI is InChI=1S/C31H45N5O5/c1-6-35-26(17-23(34-35)14-20(2)3)31(39)36-24-10-11-25(36)19-33-28(37)12-9-21-15-22(8-7-13-32-29(38)18-24)30(41-5)27(16-21)40-4/h15-17,20,24-25H,6-14,18-19H2,1-5H3,(H,32,38)(H,33,37)/t24-,25+/m0/s1. The SMILES string of the molecule is CCn1nc(CC(C)C)cc1C(=O)N1[C@@H]2CC[C@H]1CC(=O)NCCCc1cc(cc(OC)c1OC)CCC(=O)NC2. The normalized spacial score (nSPS) is 20.4. The summed E-state index contributed by atoms with van der Waals surface area (Å²) in [6.07, 6.45) is 4.73. The number of nitrogens with zero attached hydrogens (tertiary/aromatic N) is 3. The Bertz CT molecular complexity index is 1240. The van der Waals surface area contributed by atoms with E-state index in [1.165, 1.54) is 0 Å². The molecule has 41 heavy (non-hydrogen) atoms. The van der Waals surface area contributed by atoms with Crippen molar-refractivity contribution in [3.05, 3.63) is 40.7 Å². The number of rotatable bonds is 6. The average Bonchev–Trinajstić information content (AvgIpc) is 3.54. The van der Waals surface area contributed by atoms with E-state index in [1.54, 1.807) is 18.9 Å². The Morgan fingerprint density at radius 1 is 1.02 bits per heavy atom. The van der Waals surface area contributed by atoms with Crippen LogP contribution in [0.2, 0.25) is 0 Å². The zero-order valence-electron chi connectivity index (χ0n) is 25.1. The molecule has 1 saturated heterocycles. The van der Waals surface area contributed by atoms with Gasteiger partial charge in [0, 0.05) is 44.6 Å².